The second-order valence-corrected chi connectivity index (χ2v) is 9.85. The molecule has 0 aliphatic carbocycles. The number of amides is 1. The van der Waals surface area contributed by atoms with Crippen LogP contribution in [0.25, 0.3) is 0 Å². The molecule has 180 valence electrons. The zero-order valence-electron chi connectivity index (χ0n) is 20.0. The molecule has 2 atom stereocenters. The molecular formula is C25H51NO3S. The second kappa shape index (κ2) is 23.4. The van der Waals surface area contributed by atoms with Crippen LogP contribution >= 0.6 is 11.8 Å². The minimum Gasteiger partial charge on any atom is -0.394 e. The molecule has 0 aromatic rings. The number of carbonyl (C=O) groups excluding carboxylic acids is 1. The van der Waals surface area contributed by atoms with Gasteiger partial charge in [0.05, 0.1) is 18.8 Å². The van der Waals surface area contributed by atoms with Gasteiger partial charge in [0.2, 0.25) is 5.91 Å². The molecule has 1 amide bonds. The van der Waals surface area contributed by atoms with Gasteiger partial charge in [0.25, 0.3) is 0 Å². The molecule has 0 rings (SSSR count). The van der Waals surface area contributed by atoms with E-state index in [1.807, 2.05) is 0 Å². The van der Waals surface area contributed by atoms with E-state index in [-0.39, 0.29) is 12.5 Å². The highest BCUT2D eigenvalue weighted by molar-refractivity contribution is 7.99. The lowest BCUT2D eigenvalue weighted by atomic mass is 10.1. The number of nitrogens with one attached hydrogen (secondary N) is 1. The Balaban J connectivity index is 3.57. The highest BCUT2D eigenvalue weighted by atomic mass is 32.2. The minimum absolute atomic E-state index is 0.0556. The van der Waals surface area contributed by atoms with Crippen LogP contribution in [0.2, 0.25) is 0 Å². The average Bonchev–Trinajstić information content (AvgIpc) is 2.75. The van der Waals surface area contributed by atoms with Crippen molar-refractivity contribution in [2.45, 2.75) is 135 Å². The number of hydrogen-bond acceptors (Lipinski definition) is 4. The molecule has 0 fully saturated rings. The Morgan fingerprint density at radius 2 is 1.23 bits per heavy atom. The Kier molecular flexibility index (Phi) is 23.2. The maximum absolute atomic E-state index is 12.0. The zero-order chi connectivity index (χ0) is 22.3. The van der Waals surface area contributed by atoms with E-state index >= 15 is 0 Å². The lowest BCUT2D eigenvalue weighted by molar-refractivity contribution is -0.123. The fraction of sp³-hybridized carbons (Fsp3) is 0.960. The Morgan fingerprint density at radius 3 is 1.73 bits per heavy atom. The fourth-order valence-corrected chi connectivity index (χ4v) is 4.67. The molecule has 4 nitrogen and oxygen atoms in total. The predicted octanol–water partition coefficient (Wildman–Crippen LogP) is 6.23. The monoisotopic (exact) mass is 445 g/mol. The summed E-state index contributed by atoms with van der Waals surface area (Å²) in [5.74, 6) is 1.55. The number of unbranched alkanes of at least 4 members (excludes halogenated alkanes) is 14. The first kappa shape index (κ1) is 29.7. The number of rotatable bonds is 23. The van der Waals surface area contributed by atoms with Crippen LogP contribution in [-0.4, -0.2) is 46.4 Å². The number of hydrogen-bond donors (Lipinski definition) is 3. The Hall–Kier alpha value is -0.260. The van der Waals surface area contributed by atoms with Crippen molar-refractivity contribution in [1.29, 1.82) is 0 Å². The lowest BCUT2D eigenvalue weighted by Gasteiger charge is -2.22. The Morgan fingerprint density at radius 1 is 0.767 bits per heavy atom. The molecule has 0 aromatic heterocycles. The fourth-order valence-electron chi connectivity index (χ4n) is 3.62. The topological polar surface area (TPSA) is 69.6 Å². The normalized spacial score (nSPS) is 13.3. The summed E-state index contributed by atoms with van der Waals surface area (Å²) in [6.45, 7) is 4.23. The summed E-state index contributed by atoms with van der Waals surface area (Å²) in [5, 5.41) is 22.6. The van der Waals surface area contributed by atoms with Crippen LogP contribution in [0.4, 0.5) is 0 Å². The van der Waals surface area contributed by atoms with E-state index in [1.165, 1.54) is 89.9 Å². The van der Waals surface area contributed by atoms with Gasteiger partial charge in [-0.15, -0.1) is 0 Å². The van der Waals surface area contributed by atoms with Crippen molar-refractivity contribution in [3.63, 3.8) is 0 Å². The van der Waals surface area contributed by atoms with Gasteiger partial charge in [0.15, 0.2) is 0 Å². The maximum atomic E-state index is 12.0. The van der Waals surface area contributed by atoms with E-state index in [9.17, 15) is 15.0 Å². The molecule has 0 aromatic carbocycles. The third-order valence-electron chi connectivity index (χ3n) is 5.70. The highest BCUT2D eigenvalue weighted by Gasteiger charge is 2.20. The quantitative estimate of drug-likeness (QED) is 0.163. The molecular weight excluding hydrogens is 394 g/mol. The summed E-state index contributed by atoms with van der Waals surface area (Å²) in [5.41, 5.74) is 0. The predicted molar refractivity (Wildman–Crippen MR) is 132 cm³/mol. The van der Waals surface area contributed by atoms with Gasteiger partial charge >= 0.3 is 0 Å². The first-order valence-corrected chi connectivity index (χ1v) is 14.0. The zero-order valence-corrected chi connectivity index (χ0v) is 20.8. The van der Waals surface area contributed by atoms with Crippen molar-refractivity contribution in [3.8, 4) is 0 Å². The Labute approximate surface area is 191 Å². The van der Waals surface area contributed by atoms with Crippen LogP contribution in [0, 0.1) is 0 Å². The van der Waals surface area contributed by atoms with Crippen molar-refractivity contribution in [2.24, 2.45) is 0 Å². The first-order chi connectivity index (χ1) is 14.7. The smallest absolute Gasteiger partial charge is 0.220 e. The Bertz CT molecular complexity index is 368. The highest BCUT2D eigenvalue weighted by Crippen LogP contribution is 2.14. The standard InChI is InChI=1S/C25H51NO3S/c1-3-5-7-9-10-11-12-13-14-16-18-20-30-22-24(28)23(21-27)26-25(29)19-17-15-8-6-4-2/h23-24,27-28H,3-22H2,1-2H3,(H,26,29)/t23-,24+/m0/s1. The number of aliphatic hydroxyl groups is 2. The molecule has 0 spiro atoms. The van der Waals surface area contributed by atoms with Crippen LogP contribution in [-0.2, 0) is 4.79 Å². The van der Waals surface area contributed by atoms with Crippen LogP contribution < -0.4 is 5.32 Å². The van der Waals surface area contributed by atoms with E-state index in [0.717, 1.165) is 18.6 Å². The van der Waals surface area contributed by atoms with Crippen molar-refractivity contribution in [2.75, 3.05) is 18.1 Å². The van der Waals surface area contributed by atoms with Gasteiger partial charge in [-0.1, -0.05) is 104 Å². The van der Waals surface area contributed by atoms with Gasteiger partial charge in [-0.05, 0) is 18.6 Å². The molecule has 0 heterocycles. The van der Waals surface area contributed by atoms with E-state index < -0.39 is 12.1 Å². The minimum atomic E-state index is -0.684. The summed E-state index contributed by atoms with van der Waals surface area (Å²) in [4.78, 5) is 12.0. The first-order valence-electron chi connectivity index (χ1n) is 12.8. The van der Waals surface area contributed by atoms with Crippen molar-refractivity contribution in [1.82, 2.24) is 5.32 Å². The van der Waals surface area contributed by atoms with Crippen LogP contribution in [0.1, 0.15) is 123 Å². The third kappa shape index (κ3) is 19.7. The molecule has 5 heteroatoms. The van der Waals surface area contributed by atoms with E-state index in [1.54, 1.807) is 11.8 Å². The molecule has 3 N–H and O–H groups in total. The van der Waals surface area contributed by atoms with Crippen LogP contribution in [0.15, 0.2) is 0 Å². The van der Waals surface area contributed by atoms with Gasteiger partial charge in [-0.2, -0.15) is 11.8 Å². The van der Waals surface area contributed by atoms with Gasteiger partial charge in [-0.25, -0.2) is 0 Å². The van der Waals surface area contributed by atoms with Gasteiger partial charge in [0.1, 0.15) is 0 Å². The van der Waals surface area contributed by atoms with E-state index in [0.29, 0.717) is 12.2 Å². The number of carbonyl (C=O) groups is 1. The van der Waals surface area contributed by atoms with Crippen molar-refractivity contribution < 1.29 is 15.0 Å². The number of thioether (sulfide) groups is 1. The summed E-state index contributed by atoms with van der Waals surface area (Å²) in [6, 6.07) is -0.544. The molecule has 0 aliphatic heterocycles. The summed E-state index contributed by atoms with van der Waals surface area (Å²) in [6.07, 6.45) is 20.1. The largest absolute Gasteiger partial charge is 0.394 e. The molecule has 0 bridgehead atoms. The van der Waals surface area contributed by atoms with E-state index in [2.05, 4.69) is 19.2 Å². The maximum Gasteiger partial charge on any atom is 0.220 e. The lowest BCUT2D eigenvalue weighted by Crippen LogP contribution is -2.46. The van der Waals surface area contributed by atoms with Gasteiger partial charge < -0.3 is 15.5 Å². The molecule has 0 saturated heterocycles. The van der Waals surface area contributed by atoms with Gasteiger partial charge in [-0.3, -0.25) is 4.79 Å². The summed E-state index contributed by atoms with van der Waals surface area (Å²) < 4.78 is 0. The molecule has 0 radical (unpaired) electrons. The summed E-state index contributed by atoms with van der Waals surface area (Å²) in [7, 11) is 0. The number of aliphatic hydroxyl groups excluding tert-OH is 2. The molecule has 0 aliphatic rings. The van der Waals surface area contributed by atoms with Crippen molar-refractivity contribution in [3.05, 3.63) is 0 Å². The SMILES string of the molecule is CCCCCCCCCCCCCSC[C@@H](O)[C@H](CO)NC(=O)CCCCCCC. The van der Waals surface area contributed by atoms with Gasteiger partial charge in [0, 0.05) is 12.2 Å². The van der Waals surface area contributed by atoms with Crippen LogP contribution in [0.3, 0.4) is 0 Å². The van der Waals surface area contributed by atoms with Crippen molar-refractivity contribution >= 4 is 17.7 Å². The summed E-state index contributed by atoms with van der Waals surface area (Å²) >= 11 is 1.73. The van der Waals surface area contributed by atoms with Crippen LogP contribution in [0.5, 0.6) is 0 Å². The average molecular weight is 446 g/mol. The molecule has 0 saturated carbocycles. The second-order valence-electron chi connectivity index (χ2n) is 8.70. The van der Waals surface area contributed by atoms with E-state index in [4.69, 9.17) is 0 Å². The molecule has 0 unspecified atom stereocenters. The third-order valence-corrected chi connectivity index (χ3v) is 6.85. The molecule has 30 heavy (non-hydrogen) atoms.